The average molecular weight is 274 g/mol. The van der Waals surface area contributed by atoms with Crippen molar-refractivity contribution in [2.75, 3.05) is 18.6 Å². The molecule has 0 heterocycles. The fraction of sp³-hybridized carbons (Fsp3) is 0.455. The maximum Gasteiger partial charge on any atom is 0.305 e. The summed E-state index contributed by atoms with van der Waals surface area (Å²) in [5.41, 5.74) is -0.245. The molecular formula is C11H15FN2O3S. The number of nitrogens with one attached hydrogen (secondary N) is 1. The Labute approximate surface area is 107 Å². The van der Waals surface area contributed by atoms with E-state index < -0.39 is 27.2 Å². The van der Waals surface area contributed by atoms with Gasteiger partial charge in [-0.15, -0.1) is 0 Å². The Morgan fingerprint density at radius 2 is 2.22 bits per heavy atom. The summed E-state index contributed by atoms with van der Waals surface area (Å²) in [5, 5.41) is 13.5. The average Bonchev–Trinajstić information content (AvgIpc) is 2.30. The van der Waals surface area contributed by atoms with Crippen molar-refractivity contribution in [1.29, 1.82) is 0 Å². The molecule has 0 amide bonds. The molecule has 100 valence electrons. The van der Waals surface area contributed by atoms with Gasteiger partial charge in [0, 0.05) is 41.0 Å². The van der Waals surface area contributed by atoms with Crippen molar-refractivity contribution in [2.45, 2.75) is 13.0 Å². The van der Waals surface area contributed by atoms with Gasteiger partial charge < -0.3 is 5.32 Å². The highest BCUT2D eigenvalue weighted by molar-refractivity contribution is 7.84. The summed E-state index contributed by atoms with van der Waals surface area (Å²) in [6.07, 6.45) is 2.35. The van der Waals surface area contributed by atoms with E-state index in [1.807, 2.05) is 0 Å². The van der Waals surface area contributed by atoms with Crippen LogP contribution in [0.15, 0.2) is 18.2 Å². The first-order valence-electron chi connectivity index (χ1n) is 5.45. The molecule has 5 nitrogen and oxygen atoms in total. The van der Waals surface area contributed by atoms with Crippen molar-refractivity contribution in [3.63, 3.8) is 0 Å². The molecule has 0 saturated carbocycles. The zero-order valence-electron chi connectivity index (χ0n) is 10.0. The lowest BCUT2D eigenvalue weighted by atomic mass is 10.2. The summed E-state index contributed by atoms with van der Waals surface area (Å²) in [6, 6.07) is 4.10. The second kappa shape index (κ2) is 7.17. The Morgan fingerprint density at radius 3 is 2.83 bits per heavy atom. The molecule has 0 saturated heterocycles. The highest BCUT2D eigenvalue weighted by atomic mass is 32.2. The van der Waals surface area contributed by atoms with Gasteiger partial charge in [-0.25, -0.2) is 0 Å². The third kappa shape index (κ3) is 4.50. The van der Waals surface area contributed by atoms with Gasteiger partial charge in [-0.3, -0.25) is 14.3 Å². The molecule has 1 N–H and O–H groups in total. The third-order valence-electron chi connectivity index (χ3n) is 2.36. The number of nitro benzene ring substituents is 1. The van der Waals surface area contributed by atoms with Crippen LogP contribution in [0.25, 0.3) is 0 Å². The van der Waals surface area contributed by atoms with Crippen LogP contribution in [-0.2, 0) is 17.3 Å². The first kappa shape index (κ1) is 14.7. The van der Waals surface area contributed by atoms with Gasteiger partial charge in [-0.2, -0.15) is 4.39 Å². The van der Waals surface area contributed by atoms with Crippen LogP contribution < -0.4 is 5.32 Å². The molecule has 18 heavy (non-hydrogen) atoms. The van der Waals surface area contributed by atoms with Gasteiger partial charge in [0.25, 0.3) is 0 Å². The molecule has 1 aromatic carbocycles. The van der Waals surface area contributed by atoms with E-state index in [0.717, 1.165) is 12.5 Å². The van der Waals surface area contributed by atoms with Crippen LogP contribution in [0, 0.1) is 15.9 Å². The van der Waals surface area contributed by atoms with Crippen molar-refractivity contribution in [3.05, 3.63) is 39.7 Å². The van der Waals surface area contributed by atoms with E-state index in [4.69, 9.17) is 0 Å². The Kier molecular flexibility index (Phi) is 5.87. The number of halogens is 1. The first-order chi connectivity index (χ1) is 8.52. The minimum Gasteiger partial charge on any atom is -0.313 e. The largest absolute Gasteiger partial charge is 0.313 e. The second-order valence-corrected chi connectivity index (χ2v) is 5.37. The Morgan fingerprint density at radius 1 is 1.50 bits per heavy atom. The summed E-state index contributed by atoms with van der Waals surface area (Å²) >= 11 is 0. The van der Waals surface area contributed by atoms with E-state index >= 15 is 0 Å². The molecular weight excluding hydrogens is 259 g/mol. The van der Waals surface area contributed by atoms with Crippen LogP contribution in [0.3, 0.4) is 0 Å². The Balaban J connectivity index is 2.50. The van der Waals surface area contributed by atoms with Gasteiger partial charge in [-0.05, 0) is 13.0 Å². The Hall–Kier alpha value is -1.34. The molecule has 1 unspecified atom stereocenters. The molecule has 7 heteroatoms. The fourth-order valence-electron chi connectivity index (χ4n) is 1.47. The van der Waals surface area contributed by atoms with Gasteiger partial charge in [-0.1, -0.05) is 12.1 Å². The lowest BCUT2D eigenvalue weighted by Gasteiger charge is -2.05. The summed E-state index contributed by atoms with van der Waals surface area (Å²) in [5.74, 6) is -0.209. The van der Waals surface area contributed by atoms with E-state index in [-0.39, 0.29) is 12.1 Å². The summed E-state index contributed by atoms with van der Waals surface area (Å²) < 4.78 is 24.4. The van der Waals surface area contributed by atoms with E-state index in [1.165, 1.54) is 12.1 Å². The highest BCUT2D eigenvalue weighted by Gasteiger charge is 2.16. The number of hydrogen-bond acceptors (Lipinski definition) is 4. The van der Waals surface area contributed by atoms with Crippen LogP contribution >= 0.6 is 0 Å². The maximum absolute atomic E-state index is 13.6. The Bertz CT molecular complexity index is 454. The topological polar surface area (TPSA) is 72.2 Å². The standard InChI is InChI=1S/C11H15FN2O3S/c1-18(17)7-3-6-13-8-9-4-2-5-10(11(9)12)14(15)16/h2,4-5,13H,3,6-8H2,1H3. The van der Waals surface area contributed by atoms with Crippen molar-refractivity contribution >= 4 is 16.5 Å². The van der Waals surface area contributed by atoms with Gasteiger partial charge in [0.1, 0.15) is 0 Å². The van der Waals surface area contributed by atoms with Crippen molar-refractivity contribution in [1.82, 2.24) is 5.32 Å². The third-order valence-corrected chi connectivity index (χ3v) is 3.22. The number of hydrogen-bond donors (Lipinski definition) is 1. The summed E-state index contributed by atoms with van der Waals surface area (Å²) in [7, 11) is -0.831. The van der Waals surface area contributed by atoms with Gasteiger partial charge >= 0.3 is 5.69 Å². The quantitative estimate of drug-likeness (QED) is 0.465. The van der Waals surface area contributed by atoms with Crippen LogP contribution in [0.2, 0.25) is 0 Å². The predicted octanol–water partition coefficient (Wildman–Crippen LogP) is 1.59. The second-order valence-electron chi connectivity index (χ2n) is 3.82. The zero-order valence-corrected chi connectivity index (χ0v) is 10.8. The first-order valence-corrected chi connectivity index (χ1v) is 7.17. The molecule has 0 aromatic heterocycles. The number of rotatable bonds is 7. The molecule has 0 spiro atoms. The molecule has 0 radical (unpaired) electrons. The number of nitro groups is 1. The summed E-state index contributed by atoms with van der Waals surface area (Å²) in [6.45, 7) is 0.825. The molecule has 0 bridgehead atoms. The normalized spacial score (nSPS) is 12.3. The molecule has 0 aliphatic heterocycles. The minimum absolute atomic E-state index is 0.226. The van der Waals surface area contributed by atoms with E-state index in [1.54, 1.807) is 6.26 Å². The SMILES string of the molecule is CS(=O)CCCNCc1cccc([N+](=O)[O-])c1F. The fourth-order valence-corrected chi connectivity index (χ4v) is 2.02. The van der Waals surface area contributed by atoms with Crippen LogP contribution in [0.1, 0.15) is 12.0 Å². The monoisotopic (exact) mass is 274 g/mol. The van der Waals surface area contributed by atoms with Crippen LogP contribution in [-0.4, -0.2) is 27.7 Å². The molecule has 0 fully saturated rings. The molecule has 1 aromatic rings. The van der Waals surface area contributed by atoms with Gasteiger partial charge in [0.05, 0.1) is 4.92 Å². The van der Waals surface area contributed by atoms with Crippen molar-refractivity contribution in [3.8, 4) is 0 Å². The molecule has 1 rings (SSSR count). The van der Waals surface area contributed by atoms with Crippen molar-refractivity contribution in [2.24, 2.45) is 0 Å². The lowest BCUT2D eigenvalue weighted by molar-refractivity contribution is -0.387. The van der Waals surface area contributed by atoms with Gasteiger partial charge in [0.15, 0.2) is 0 Å². The zero-order chi connectivity index (χ0) is 13.5. The van der Waals surface area contributed by atoms with Crippen molar-refractivity contribution < 1.29 is 13.5 Å². The van der Waals surface area contributed by atoms with E-state index in [9.17, 15) is 18.7 Å². The number of benzene rings is 1. The number of nitrogens with zero attached hydrogens (tertiary/aromatic N) is 1. The maximum atomic E-state index is 13.6. The van der Waals surface area contributed by atoms with Crippen LogP contribution in [0.5, 0.6) is 0 Å². The van der Waals surface area contributed by atoms with Gasteiger partial charge in [0.2, 0.25) is 5.82 Å². The highest BCUT2D eigenvalue weighted by Crippen LogP contribution is 2.19. The minimum atomic E-state index is -0.831. The summed E-state index contributed by atoms with van der Waals surface area (Å²) in [4.78, 5) is 9.80. The van der Waals surface area contributed by atoms with Crippen LogP contribution in [0.4, 0.5) is 10.1 Å². The lowest BCUT2D eigenvalue weighted by Crippen LogP contribution is -2.17. The van der Waals surface area contributed by atoms with E-state index in [0.29, 0.717) is 12.3 Å². The predicted molar refractivity (Wildman–Crippen MR) is 68.3 cm³/mol. The molecule has 0 aliphatic rings. The van der Waals surface area contributed by atoms with E-state index in [2.05, 4.69) is 5.32 Å². The molecule has 0 aliphatic carbocycles. The molecule has 1 atom stereocenters. The smallest absolute Gasteiger partial charge is 0.305 e.